The summed E-state index contributed by atoms with van der Waals surface area (Å²) in [5.74, 6) is 0. The zero-order chi connectivity index (χ0) is 30.0. The van der Waals surface area contributed by atoms with Crippen molar-refractivity contribution >= 4 is 31.0 Å². The van der Waals surface area contributed by atoms with Gasteiger partial charge in [0, 0.05) is 28.1 Å². The molecule has 0 aliphatic carbocycles. The third-order valence-corrected chi connectivity index (χ3v) is 3.55. The Balaban J connectivity index is -0.000000421. The SMILES string of the molecule is CC#N.CC(C)(C)ON=[N+]=[N-].C[Si](C)(C)N=[N+]=[N-].[C-]#[N+]c1ccc(N)cc1.[C-]#[N+]c1ccc(N=[N+]=[N-])cc1. The minimum absolute atomic E-state index is 0.369. The van der Waals surface area contributed by atoms with Crippen LogP contribution in [0.1, 0.15) is 27.7 Å². The van der Waals surface area contributed by atoms with E-state index in [0.717, 1.165) is 0 Å². The average molecular weight is 534 g/mol. The highest BCUT2D eigenvalue weighted by atomic mass is 28.3. The fourth-order valence-electron chi connectivity index (χ4n) is 1.47. The molecule has 0 saturated carbocycles. The summed E-state index contributed by atoms with van der Waals surface area (Å²) in [5, 5.41) is 13.6. The number of hydrogen-bond donors (Lipinski definition) is 1. The fraction of sp³-hybridized carbons (Fsp3) is 0.348. The number of nitrogen functional groups attached to an aromatic ring is 1. The maximum Gasteiger partial charge on any atom is 0.187 e. The molecule has 2 rings (SSSR count). The molecule has 0 radical (unpaired) electrons. The third kappa shape index (κ3) is 28.7. The van der Waals surface area contributed by atoms with Gasteiger partial charge in [-0.2, -0.15) is 5.26 Å². The Morgan fingerprint density at radius 1 is 0.868 bits per heavy atom. The lowest BCUT2D eigenvalue weighted by Gasteiger charge is -2.14. The van der Waals surface area contributed by atoms with Crippen molar-refractivity contribution in [2.45, 2.75) is 52.9 Å². The van der Waals surface area contributed by atoms with E-state index in [9.17, 15) is 0 Å². The summed E-state index contributed by atoms with van der Waals surface area (Å²) < 4.78 is 3.58. The summed E-state index contributed by atoms with van der Waals surface area (Å²) in [4.78, 5) is 18.7. The lowest BCUT2D eigenvalue weighted by molar-refractivity contribution is -0.00307. The summed E-state index contributed by atoms with van der Waals surface area (Å²) >= 11 is 0. The lowest BCUT2D eigenvalue weighted by atomic mass is 10.2. The van der Waals surface area contributed by atoms with Gasteiger partial charge in [-0.05, 0) is 54.4 Å². The Kier molecular flexibility index (Phi) is 21.7. The number of anilines is 1. The smallest absolute Gasteiger partial charge is 0.187 e. The number of nitrogens with two attached hydrogens (primary N) is 1. The number of rotatable bonds is 3. The monoisotopic (exact) mass is 533 g/mol. The maximum absolute atomic E-state index is 8.04. The highest BCUT2D eigenvalue weighted by Gasteiger charge is 2.08. The highest BCUT2D eigenvalue weighted by molar-refractivity contribution is 6.74. The van der Waals surface area contributed by atoms with Gasteiger partial charge in [0.05, 0.1) is 19.2 Å². The molecule has 2 aromatic carbocycles. The van der Waals surface area contributed by atoms with Crippen molar-refractivity contribution in [3.8, 4) is 6.07 Å². The predicted octanol–water partition coefficient (Wildman–Crippen LogP) is 9.69. The van der Waals surface area contributed by atoms with E-state index in [2.05, 4.69) is 44.4 Å². The predicted molar refractivity (Wildman–Crippen MR) is 152 cm³/mol. The van der Waals surface area contributed by atoms with Gasteiger partial charge in [0.15, 0.2) is 11.4 Å². The topological polar surface area (TPSA) is 214 Å². The normalized spacial score (nSPS) is 8.42. The first-order valence-corrected chi connectivity index (χ1v) is 14.0. The van der Waals surface area contributed by atoms with Gasteiger partial charge in [-0.25, -0.2) is 9.69 Å². The summed E-state index contributed by atoms with van der Waals surface area (Å²) in [7, 11) is -1.45. The molecule has 0 atom stereocenters. The van der Waals surface area contributed by atoms with E-state index >= 15 is 0 Å². The van der Waals surface area contributed by atoms with E-state index in [1.807, 2.05) is 40.4 Å². The first-order chi connectivity index (χ1) is 17.7. The molecule has 0 bridgehead atoms. The van der Waals surface area contributed by atoms with Gasteiger partial charge >= 0.3 is 0 Å². The molecule has 0 unspecified atom stereocenters. The minimum atomic E-state index is -1.45. The second-order valence-electron chi connectivity index (χ2n) is 8.48. The zero-order valence-electron chi connectivity index (χ0n) is 22.5. The summed E-state index contributed by atoms with van der Waals surface area (Å²) in [6.45, 7) is 26.1. The second kappa shape index (κ2) is 22.1. The van der Waals surface area contributed by atoms with Crippen LogP contribution in [0, 0.1) is 24.5 Å². The van der Waals surface area contributed by atoms with Crippen molar-refractivity contribution < 1.29 is 4.84 Å². The largest absolute Gasteiger partial charge is 0.428 e. The molecule has 15 heteroatoms. The van der Waals surface area contributed by atoms with Crippen LogP contribution in [0.2, 0.25) is 19.6 Å². The van der Waals surface area contributed by atoms with Crippen molar-refractivity contribution in [1.82, 2.24) is 0 Å². The Bertz CT molecular complexity index is 1210. The summed E-state index contributed by atoms with van der Waals surface area (Å²) in [6.07, 6.45) is 0. The van der Waals surface area contributed by atoms with Gasteiger partial charge in [-0.15, -0.1) is 4.78 Å². The fourth-order valence-corrected chi connectivity index (χ4v) is 1.74. The average Bonchev–Trinajstić information content (AvgIpc) is 2.84. The van der Waals surface area contributed by atoms with Crippen molar-refractivity contribution in [3.63, 3.8) is 0 Å². The minimum Gasteiger partial charge on any atom is -0.428 e. The van der Waals surface area contributed by atoms with Gasteiger partial charge < -0.3 is 10.6 Å². The van der Waals surface area contributed by atoms with Crippen molar-refractivity contribution in [2.24, 2.45) is 15.2 Å². The second-order valence-corrected chi connectivity index (χ2v) is 13.0. The van der Waals surface area contributed by atoms with Crippen LogP contribution in [0.25, 0.3) is 41.0 Å². The van der Waals surface area contributed by atoms with Crippen molar-refractivity contribution in [1.29, 1.82) is 5.26 Å². The van der Waals surface area contributed by atoms with Gasteiger partial charge in [0.1, 0.15) is 19.1 Å². The molecule has 38 heavy (non-hydrogen) atoms. The Hall–Kier alpha value is -5.34. The van der Waals surface area contributed by atoms with Crippen LogP contribution in [-0.2, 0) is 4.84 Å². The van der Waals surface area contributed by atoms with E-state index in [1.165, 1.54) is 6.92 Å². The molecule has 0 fully saturated rings. The standard InChI is InChI=1S/C7H4N4.C7H6N2.C4H9N3O.C3H9N3Si.C2H3N/c1-9-6-2-4-7(5-3-6)10-11-8;1-9-7-4-2-6(8)3-5-7;1-4(2,3)8-7-6-5;1-7(2,3)6-5-4;1-2-3/h2-5H;2-5H,8H2;1-3H3;1-3H3;1H3. The molecule has 0 aliphatic heterocycles. The van der Waals surface area contributed by atoms with Crippen LogP contribution in [0.4, 0.5) is 22.7 Å². The summed E-state index contributed by atoms with van der Waals surface area (Å²) in [6, 6.07) is 15.0. The quantitative estimate of drug-likeness (QED) is 0.0775. The molecule has 2 aromatic rings. The Labute approximate surface area is 223 Å². The van der Waals surface area contributed by atoms with Crippen molar-refractivity contribution in [3.05, 3.63) is 103 Å². The molecule has 0 aromatic heterocycles. The Morgan fingerprint density at radius 2 is 1.29 bits per heavy atom. The van der Waals surface area contributed by atoms with Gasteiger partial charge in [0.2, 0.25) is 0 Å². The summed E-state index contributed by atoms with van der Waals surface area (Å²) in [5.41, 5.74) is 31.1. The van der Waals surface area contributed by atoms with Crippen LogP contribution < -0.4 is 5.73 Å². The van der Waals surface area contributed by atoms with Gasteiger partial charge in [0.25, 0.3) is 0 Å². The van der Waals surface area contributed by atoms with E-state index in [1.54, 1.807) is 54.6 Å². The van der Waals surface area contributed by atoms with E-state index < -0.39 is 8.24 Å². The van der Waals surface area contributed by atoms with E-state index in [0.29, 0.717) is 22.7 Å². The van der Waals surface area contributed by atoms with E-state index in [4.69, 9.17) is 40.7 Å². The molecule has 14 nitrogen and oxygen atoms in total. The first-order valence-electron chi connectivity index (χ1n) is 10.6. The molecule has 0 heterocycles. The van der Waals surface area contributed by atoms with Crippen LogP contribution in [0.3, 0.4) is 0 Å². The number of nitriles is 1. The molecule has 198 valence electrons. The third-order valence-electron chi connectivity index (χ3n) is 2.86. The number of azide groups is 3. The van der Waals surface area contributed by atoms with Crippen LogP contribution in [0.5, 0.6) is 0 Å². The van der Waals surface area contributed by atoms with Crippen LogP contribution in [-0.4, -0.2) is 13.8 Å². The zero-order valence-corrected chi connectivity index (χ0v) is 23.5. The first kappa shape index (κ1) is 37.2. The molecule has 0 saturated heterocycles. The molecular formula is C23H31N13OSi. The lowest BCUT2D eigenvalue weighted by Crippen LogP contribution is -2.14. The number of hydrogen-bond acceptors (Lipinski definition) is 6. The van der Waals surface area contributed by atoms with Gasteiger partial charge in [-0.1, -0.05) is 61.2 Å². The van der Waals surface area contributed by atoms with Crippen molar-refractivity contribution in [2.75, 3.05) is 5.73 Å². The molecule has 0 spiro atoms. The number of nitrogens with zero attached hydrogens (tertiary/aromatic N) is 12. The maximum atomic E-state index is 8.04. The highest BCUT2D eigenvalue weighted by Crippen LogP contribution is 2.18. The molecular weight excluding hydrogens is 502 g/mol. The molecule has 0 amide bonds. The molecule has 0 aliphatic rings. The van der Waals surface area contributed by atoms with Gasteiger partial charge in [-0.3, -0.25) is 0 Å². The Morgan fingerprint density at radius 3 is 1.53 bits per heavy atom. The van der Waals surface area contributed by atoms with E-state index in [-0.39, 0.29) is 5.60 Å². The van der Waals surface area contributed by atoms with Crippen LogP contribution in [0.15, 0.2) is 63.7 Å². The molecule has 2 N–H and O–H groups in total. The van der Waals surface area contributed by atoms with Crippen LogP contribution >= 0.6 is 0 Å². The number of benzene rings is 2.